The summed E-state index contributed by atoms with van der Waals surface area (Å²) in [5, 5.41) is 3.35. The summed E-state index contributed by atoms with van der Waals surface area (Å²) < 4.78 is 7.82. The third kappa shape index (κ3) is 4.38. The molecule has 1 aliphatic carbocycles. The minimum atomic E-state index is -0.944. The van der Waals surface area contributed by atoms with Crippen molar-refractivity contribution in [1.82, 2.24) is 24.6 Å². The molecule has 1 atom stereocenters. The number of likely N-dealkylation sites (N-methyl/N-ethyl adjacent to an activating group) is 1. The molecule has 1 saturated heterocycles. The van der Waals surface area contributed by atoms with Crippen molar-refractivity contribution in [2.45, 2.75) is 70.5 Å². The molecule has 0 spiro atoms. The first kappa shape index (κ1) is 23.4. The van der Waals surface area contributed by atoms with E-state index in [0.717, 1.165) is 69.7 Å². The average molecular weight is 470 g/mol. The molecule has 2 amide bonds. The summed E-state index contributed by atoms with van der Waals surface area (Å²) in [6, 6.07) is 4.01. The van der Waals surface area contributed by atoms with Gasteiger partial charge in [-0.05, 0) is 33.7 Å². The fourth-order valence-electron chi connectivity index (χ4n) is 5.89. The highest BCUT2D eigenvalue weighted by atomic mass is 16.3. The summed E-state index contributed by atoms with van der Waals surface area (Å²) in [7, 11) is 2.14. The minimum absolute atomic E-state index is 0.0288. The van der Waals surface area contributed by atoms with Gasteiger partial charge in [-0.2, -0.15) is 0 Å². The molecule has 0 unspecified atom stereocenters. The second-order valence-electron chi connectivity index (χ2n) is 10.8. The van der Waals surface area contributed by atoms with Crippen molar-refractivity contribution >= 4 is 22.9 Å². The van der Waals surface area contributed by atoms with Crippen LogP contribution in [0, 0.1) is 6.92 Å². The number of rotatable bonds is 5. The van der Waals surface area contributed by atoms with E-state index >= 15 is 0 Å². The van der Waals surface area contributed by atoms with Crippen LogP contribution in [0.1, 0.15) is 61.7 Å². The van der Waals surface area contributed by atoms with Crippen LogP contribution in [-0.4, -0.2) is 89.0 Å². The maximum atomic E-state index is 13.9. The van der Waals surface area contributed by atoms with Crippen LogP contribution in [-0.2, 0) is 11.3 Å². The first-order valence-corrected chi connectivity index (χ1v) is 13.0. The van der Waals surface area contributed by atoms with Gasteiger partial charge in [0.1, 0.15) is 17.0 Å². The number of nitrogens with zero attached hydrogens (tertiary/aromatic N) is 4. The molecule has 34 heavy (non-hydrogen) atoms. The highest BCUT2D eigenvalue weighted by molar-refractivity contribution is 6.03. The zero-order chi connectivity index (χ0) is 23.9. The van der Waals surface area contributed by atoms with E-state index in [4.69, 9.17) is 4.42 Å². The molecule has 0 aromatic carbocycles. The number of nitrogens with one attached hydrogen (secondary N) is 1. The van der Waals surface area contributed by atoms with Crippen LogP contribution in [0.2, 0.25) is 0 Å². The maximum absolute atomic E-state index is 13.9. The molecule has 4 heterocycles. The van der Waals surface area contributed by atoms with Gasteiger partial charge in [-0.1, -0.05) is 25.7 Å². The summed E-state index contributed by atoms with van der Waals surface area (Å²) in [5.41, 5.74) is 1.29. The lowest BCUT2D eigenvalue weighted by Crippen LogP contribution is -2.66. The van der Waals surface area contributed by atoms with E-state index in [0.29, 0.717) is 24.4 Å². The highest BCUT2D eigenvalue weighted by Crippen LogP contribution is 2.34. The molecule has 0 radical (unpaired) electrons. The second-order valence-corrected chi connectivity index (χ2v) is 10.8. The number of aryl methyl sites for hydroxylation is 1. The fourth-order valence-corrected chi connectivity index (χ4v) is 5.89. The van der Waals surface area contributed by atoms with Gasteiger partial charge in [0.25, 0.3) is 5.91 Å². The van der Waals surface area contributed by atoms with Crippen molar-refractivity contribution < 1.29 is 14.0 Å². The van der Waals surface area contributed by atoms with E-state index in [-0.39, 0.29) is 17.9 Å². The fraction of sp³-hybridized carbons (Fsp3) is 0.692. The van der Waals surface area contributed by atoms with E-state index < -0.39 is 5.54 Å². The highest BCUT2D eigenvalue weighted by Gasteiger charge is 2.48. The number of amides is 2. The Hall–Kier alpha value is -2.32. The molecule has 1 N–H and O–H groups in total. The maximum Gasteiger partial charge on any atom is 0.271 e. The Kier molecular flexibility index (Phi) is 6.46. The second kappa shape index (κ2) is 9.38. The van der Waals surface area contributed by atoms with Crippen molar-refractivity contribution in [2.75, 3.05) is 46.3 Å². The predicted octanol–water partition coefficient (Wildman–Crippen LogP) is 2.84. The number of piperazine rings is 1. The van der Waals surface area contributed by atoms with Crippen LogP contribution in [0.3, 0.4) is 0 Å². The Labute approximate surface area is 202 Å². The van der Waals surface area contributed by atoms with Gasteiger partial charge in [0.05, 0.1) is 12.1 Å². The standard InChI is InChI=1S/C26H39N5O3/c1-19-16-21-23(34-19)17-22-24(32)31(15-14-29-12-10-28(3)11-13-29)26(2,18-30(21)22)25(33)27-20-8-6-4-5-7-9-20/h16-17,20H,4-15,18H2,1-3H3,(H,27,33)/t26-/m0/s1. The lowest BCUT2D eigenvalue weighted by atomic mass is 9.93. The van der Waals surface area contributed by atoms with Crippen LogP contribution < -0.4 is 5.32 Å². The zero-order valence-corrected chi connectivity index (χ0v) is 20.9. The summed E-state index contributed by atoms with van der Waals surface area (Å²) in [6.45, 7) is 9.68. The predicted molar refractivity (Wildman–Crippen MR) is 132 cm³/mol. The molecule has 2 aromatic heterocycles. The van der Waals surface area contributed by atoms with Crippen LogP contribution >= 0.6 is 0 Å². The van der Waals surface area contributed by atoms with Crippen molar-refractivity contribution in [3.05, 3.63) is 23.6 Å². The van der Waals surface area contributed by atoms with E-state index in [9.17, 15) is 9.59 Å². The lowest BCUT2D eigenvalue weighted by Gasteiger charge is -2.45. The molecular weight excluding hydrogens is 430 g/mol. The average Bonchev–Trinajstić information content (AvgIpc) is 3.20. The van der Waals surface area contributed by atoms with Gasteiger partial charge < -0.3 is 24.1 Å². The summed E-state index contributed by atoms with van der Waals surface area (Å²) in [6.07, 6.45) is 6.84. The SMILES string of the molecule is Cc1cc2c(cc3n2C[C@@](C)(C(=O)NC2CCCCCC2)N(CCN2CCN(C)CC2)C3=O)o1. The molecule has 1 saturated carbocycles. The molecule has 186 valence electrons. The first-order valence-electron chi connectivity index (χ1n) is 13.0. The third-order valence-corrected chi connectivity index (χ3v) is 8.15. The summed E-state index contributed by atoms with van der Waals surface area (Å²) in [4.78, 5) is 34.2. The van der Waals surface area contributed by atoms with E-state index in [2.05, 4.69) is 22.2 Å². The molecule has 0 bridgehead atoms. The monoisotopic (exact) mass is 469 g/mol. The van der Waals surface area contributed by atoms with Gasteiger partial charge in [0.2, 0.25) is 5.91 Å². The van der Waals surface area contributed by atoms with Gasteiger partial charge in [-0.25, -0.2) is 0 Å². The Morgan fingerprint density at radius 3 is 2.50 bits per heavy atom. The molecule has 5 rings (SSSR count). The number of furan rings is 1. The van der Waals surface area contributed by atoms with Gasteiger partial charge >= 0.3 is 0 Å². The Bertz CT molecular complexity index is 1040. The zero-order valence-electron chi connectivity index (χ0n) is 20.9. The molecular formula is C26H39N5O3. The van der Waals surface area contributed by atoms with Crippen LogP contribution in [0.4, 0.5) is 0 Å². The Morgan fingerprint density at radius 2 is 1.79 bits per heavy atom. The van der Waals surface area contributed by atoms with Crippen LogP contribution in [0.5, 0.6) is 0 Å². The van der Waals surface area contributed by atoms with Gasteiger partial charge in [0, 0.05) is 57.4 Å². The van der Waals surface area contributed by atoms with Crippen molar-refractivity contribution in [3.8, 4) is 0 Å². The molecule has 2 aromatic rings. The number of fused-ring (bicyclic) bond motifs is 3. The normalized spacial score (nSPS) is 25.5. The number of hydrogen-bond donors (Lipinski definition) is 1. The van der Waals surface area contributed by atoms with Gasteiger partial charge in [0.15, 0.2) is 5.58 Å². The first-order chi connectivity index (χ1) is 16.3. The Balaban J connectivity index is 1.42. The number of aromatic nitrogens is 1. The summed E-state index contributed by atoms with van der Waals surface area (Å²) in [5.74, 6) is 0.705. The van der Waals surface area contributed by atoms with Crippen molar-refractivity contribution in [2.24, 2.45) is 0 Å². The van der Waals surface area contributed by atoms with Crippen molar-refractivity contribution in [1.29, 1.82) is 0 Å². The Morgan fingerprint density at radius 1 is 1.09 bits per heavy atom. The van der Waals surface area contributed by atoms with Crippen LogP contribution in [0.25, 0.3) is 11.1 Å². The third-order valence-electron chi connectivity index (χ3n) is 8.15. The quantitative estimate of drug-likeness (QED) is 0.682. The van der Waals surface area contributed by atoms with Crippen LogP contribution in [0.15, 0.2) is 16.5 Å². The number of carbonyl (C=O) groups is 2. The smallest absolute Gasteiger partial charge is 0.271 e. The molecule has 8 heteroatoms. The van der Waals surface area contributed by atoms with Gasteiger partial charge in [-0.15, -0.1) is 0 Å². The van der Waals surface area contributed by atoms with Gasteiger partial charge in [-0.3, -0.25) is 14.5 Å². The van der Waals surface area contributed by atoms with E-state index in [1.165, 1.54) is 12.8 Å². The van der Waals surface area contributed by atoms with E-state index in [1.54, 1.807) is 0 Å². The summed E-state index contributed by atoms with van der Waals surface area (Å²) >= 11 is 0. The number of carbonyl (C=O) groups excluding carboxylic acids is 2. The largest absolute Gasteiger partial charge is 0.460 e. The van der Waals surface area contributed by atoms with Crippen molar-refractivity contribution in [3.63, 3.8) is 0 Å². The lowest BCUT2D eigenvalue weighted by molar-refractivity contribution is -0.133. The molecule has 8 nitrogen and oxygen atoms in total. The molecule has 2 fully saturated rings. The number of hydrogen-bond acceptors (Lipinski definition) is 5. The topological polar surface area (TPSA) is 74.0 Å². The molecule has 3 aliphatic rings. The van der Waals surface area contributed by atoms with E-state index in [1.807, 2.05) is 35.4 Å². The molecule has 2 aliphatic heterocycles. The minimum Gasteiger partial charge on any atom is -0.460 e.